The summed E-state index contributed by atoms with van der Waals surface area (Å²) in [4.78, 5) is 16.7. The van der Waals surface area contributed by atoms with Crippen LogP contribution in [-0.4, -0.2) is 27.3 Å². The van der Waals surface area contributed by atoms with Crippen LogP contribution >= 0.6 is 0 Å². The number of nitrogens with zero attached hydrogens (tertiary/aromatic N) is 3. The Balaban J connectivity index is 2.50. The molecule has 0 radical (unpaired) electrons. The van der Waals surface area contributed by atoms with Gasteiger partial charge in [0.25, 0.3) is 0 Å². The monoisotopic (exact) mass is 273 g/mol. The summed E-state index contributed by atoms with van der Waals surface area (Å²) >= 11 is 0. The van der Waals surface area contributed by atoms with E-state index < -0.39 is 5.92 Å². The Kier molecular flexibility index (Phi) is 4.17. The Hall–Kier alpha value is -2.17. The molecular weight excluding hydrogens is 254 g/mol. The molecule has 1 atom stereocenters. The van der Waals surface area contributed by atoms with Crippen molar-refractivity contribution in [3.05, 3.63) is 47.0 Å². The third kappa shape index (κ3) is 2.87. The van der Waals surface area contributed by atoms with E-state index in [1.54, 1.807) is 18.7 Å². The second-order valence-electron chi connectivity index (χ2n) is 4.74. The van der Waals surface area contributed by atoms with Gasteiger partial charge in [-0.15, -0.1) is 0 Å². The first-order valence-electron chi connectivity index (χ1n) is 6.63. The summed E-state index contributed by atoms with van der Waals surface area (Å²) in [7, 11) is 1.79. The molecule has 0 fully saturated rings. The van der Waals surface area contributed by atoms with E-state index in [1.165, 1.54) is 0 Å². The van der Waals surface area contributed by atoms with Gasteiger partial charge in [0.2, 0.25) is 0 Å². The zero-order valence-electron chi connectivity index (χ0n) is 12.3. The van der Waals surface area contributed by atoms with Crippen molar-refractivity contribution in [1.29, 1.82) is 0 Å². The maximum Gasteiger partial charge on any atom is 0.321 e. The molecule has 1 heterocycles. The van der Waals surface area contributed by atoms with Crippen LogP contribution < -0.4 is 0 Å². The highest BCUT2D eigenvalue weighted by Crippen LogP contribution is 2.25. The zero-order valence-corrected chi connectivity index (χ0v) is 12.3. The lowest BCUT2D eigenvalue weighted by molar-refractivity contribution is -0.144. The van der Waals surface area contributed by atoms with E-state index in [0.29, 0.717) is 18.3 Å². The summed E-state index contributed by atoms with van der Waals surface area (Å²) in [5.41, 5.74) is 1.97. The predicted octanol–water partition coefficient (Wildman–Crippen LogP) is 2.13. The number of carbonyl (C=O) groups excluding carboxylic acids is 1. The van der Waals surface area contributed by atoms with Crippen LogP contribution in [0.3, 0.4) is 0 Å². The van der Waals surface area contributed by atoms with E-state index in [1.807, 2.05) is 38.1 Å². The van der Waals surface area contributed by atoms with Gasteiger partial charge in [-0.3, -0.25) is 9.48 Å². The Labute approximate surface area is 118 Å². The Bertz CT molecular complexity index is 619. The molecular formula is C15H19N3O2. The fourth-order valence-electron chi connectivity index (χ4n) is 2.25. The van der Waals surface area contributed by atoms with Crippen molar-refractivity contribution in [2.45, 2.75) is 26.7 Å². The van der Waals surface area contributed by atoms with E-state index >= 15 is 0 Å². The van der Waals surface area contributed by atoms with E-state index in [4.69, 9.17) is 4.74 Å². The maximum atomic E-state index is 12.3. The van der Waals surface area contributed by atoms with Gasteiger partial charge in [-0.1, -0.05) is 29.8 Å². The van der Waals surface area contributed by atoms with Gasteiger partial charge < -0.3 is 4.74 Å². The van der Waals surface area contributed by atoms with Crippen molar-refractivity contribution in [3.8, 4) is 0 Å². The molecule has 0 N–H and O–H groups in total. The number of benzene rings is 1. The highest BCUT2D eigenvalue weighted by molar-refractivity contribution is 5.81. The molecule has 0 amide bonds. The standard InChI is InChI=1S/C15H19N3O2/c1-5-20-15(19)13(12-8-6-7-10(2)9-12)14-16-11(3)17-18(14)4/h6-9,13H,5H2,1-4H3. The van der Waals surface area contributed by atoms with Crippen LogP contribution in [0.4, 0.5) is 0 Å². The number of ether oxygens (including phenoxy) is 1. The molecule has 106 valence electrons. The average molecular weight is 273 g/mol. The highest BCUT2D eigenvalue weighted by atomic mass is 16.5. The average Bonchev–Trinajstić information content (AvgIpc) is 2.69. The number of aromatic nitrogens is 3. The fraction of sp³-hybridized carbons (Fsp3) is 0.400. The Morgan fingerprint density at radius 1 is 1.40 bits per heavy atom. The van der Waals surface area contributed by atoms with Gasteiger partial charge in [-0.2, -0.15) is 5.10 Å². The van der Waals surface area contributed by atoms with E-state index in [2.05, 4.69) is 10.1 Å². The molecule has 20 heavy (non-hydrogen) atoms. The number of aryl methyl sites for hydroxylation is 3. The van der Waals surface area contributed by atoms with Gasteiger partial charge in [-0.25, -0.2) is 4.98 Å². The maximum absolute atomic E-state index is 12.3. The molecule has 2 rings (SSSR count). The predicted molar refractivity (Wildman–Crippen MR) is 75.4 cm³/mol. The lowest BCUT2D eigenvalue weighted by Gasteiger charge is -2.15. The van der Waals surface area contributed by atoms with Crippen molar-refractivity contribution >= 4 is 5.97 Å². The molecule has 0 saturated heterocycles. The molecule has 1 aromatic carbocycles. The molecule has 1 unspecified atom stereocenters. The first-order chi connectivity index (χ1) is 9.52. The third-order valence-corrected chi connectivity index (χ3v) is 3.06. The second kappa shape index (κ2) is 5.86. The minimum absolute atomic E-state index is 0.298. The molecule has 0 aliphatic rings. The van der Waals surface area contributed by atoms with E-state index in [9.17, 15) is 4.79 Å². The van der Waals surface area contributed by atoms with Gasteiger partial charge >= 0.3 is 5.97 Å². The van der Waals surface area contributed by atoms with E-state index in [-0.39, 0.29) is 5.97 Å². The highest BCUT2D eigenvalue weighted by Gasteiger charge is 2.29. The molecule has 0 aliphatic carbocycles. The fourth-order valence-corrected chi connectivity index (χ4v) is 2.25. The molecule has 5 nitrogen and oxygen atoms in total. The van der Waals surface area contributed by atoms with Gasteiger partial charge in [-0.05, 0) is 26.3 Å². The number of esters is 1. The molecule has 1 aromatic heterocycles. The minimum Gasteiger partial charge on any atom is -0.465 e. The summed E-state index contributed by atoms with van der Waals surface area (Å²) in [5.74, 6) is 0.408. The summed E-state index contributed by atoms with van der Waals surface area (Å²) < 4.78 is 6.84. The molecule has 2 aromatic rings. The Morgan fingerprint density at radius 3 is 2.70 bits per heavy atom. The SMILES string of the molecule is CCOC(=O)C(c1cccc(C)c1)c1nc(C)nn1C. The largest absolute Gasteiger partial charge is 0.465 e. The Morgan fingerprint density at radius 2 is 2.15 bits per heavy atom. The smallest absolute Gasteiger partial charge is 0.321 e. The normalized spacial score (nSPS) is 12.2. The van der Waals surface area contributed by atoms with Crippen molar-refractivity contribution in [1.82, 2.24) is 14.8 Å². The van der Waals surface area contributed by atoms with Crippen LogP contribution in [0.15, 0.2) is 24.3 Å². The van der Waals surface area contributed by atoms with Crippen LogP contribution in [0.1, 0.15) is 35.6 Å². The third-order valence-electron chi connectivity index (χ3n) is 3.06. The van der Waals surface area contributed by atoms with Gasteiger partial charge in [0.1, 0.15) is 17.6 Å². The van der Waals surface area contributed by atoms with Gasteiger partial charge in [0, 0.05) is 7.05 Å². The number of hydrogen-bond acceptors (Lipinski definition) is 4. The molecule has 0 spiro atoms. The number of hydrogen-bond donors (Lipinski definition) is 0. The molecule has 0 aliphatic heterocycles. The van der Waals surface area contributed by atoms with Gasteiger partial charge in [0.05, 0.1) is 6.61 Å². The summed E-state index contributed by atoms with van der Waals surface area (Å²) in [5, 5.41) is 4.22. The van der Waals surface area contributed by atoms with E-state index in [0.717, 1.165) is 11.1 Å². The molecule has 5 heteroatoms. The summed E-state index contributed by atoms with van der Waals surface area (Å²) in [6.45, 7) is 5.95. The van der Waals surface area contributed by atoms with Crippen LogP contribution in [0.5, 0.6) is 0 Å². The van der Waals surface area contributed by atoms with Crippen molar-refractivity contribution in [3.63, 3.8) is 0 Å². The lowest BCUT2D eigenvalue weighted by atomic mass is 9.96. The minimum atomic E-state index is -0.541. The number of carbonyl (C=O) groups is 1. The summed E-state index contributed by atoms with van der Waals surface area (Å²) in [6.07, 6.45) is 0. The van der Waals surface area contributed by atoms with Crippen LogP contribution in [0, 0.1) is 13.8 Å². The zero-order chi connectivity index (χ0) is 14.7. The van der Waals surface area contributed by atoms with Crippen molar-refractivity contribution in [2.75, 3.05) is 6.61 Å². The topological polar surface area (TPSA) is 57.0 Å². The molecule has 0 bridgehead atoms. The van der Waals surface area contributed by atoms with Crippen LogP contribution in [0.2, 0.25) is 0 Å². The first-order valence-corrected chi connectivity index (χ1v) is 6.63. The first kappa shape index (κ1) is 14.2. The van der Waals surface area contributed by atoms with Crippen LogP contribution in [0.25, 0.3) is 0 Å². The number of rotatable bonds is 4. The summed E-state index contributed by atoms with van der Waals surface area (Å²) in [6, 6.07) is 7.82. The lowest BCUT2D eigenvalue weighted by Crippen LogP contribution is -2.21. The molecule has 0 saturated carbocycles. The van der Waals surface area contributed by atoms with Crippen molar-refractivity contribution in [2.24, 2.45) is 7.05 Å². The van der Waals surface area contributed by atoms with Crippen molar-refractivity contribution < 1.29 is 9.53 Å². The quantitative estimate of drug-likeness (QED) is 0.801. The second-order valence-corrected chi connectivity index (χ2v) is 4.74. The van der Waals surface area contributed by atoms with Crippen LogP contribution in [-0.2, 0) is 16.6 Å². The van der Waals surface area contributed by atoms with Gasteiger partial charge in [0.15, 0.2) is 0 Å².